The summed E-state index contributed by atoms with van der Waals surface area (Å²) in [6.07, 6.45) is 6.50. The van der Waals surface area contributed by atoms with Crippen molar-refractivity contribution in [3.05, 3.63) is 42.0 Å². The summed E-state index contributed by atoms with van der Waals surface area (Å²) >= 11 is 0. The van der Waals surface area contributed by atoms with Crippen LogP contribution in [0, 0.1) is 0 Å². The second-order valence-corrected chi connectivity index (χ2v) is 14.9. The maximum Gasteiger partial charge on any atom is 0.500 e. The van der Waals surface area contributed by atoms with Crippen LogP contribution in [0.15, 0.2) is 36.4 Å². The number of hydrogen-bond acceptors (Lipinski definition) is 10. The van der Waals surface area contributed by atoms with Crippen LogP contribution in [0.4, 0.5) is 0 Å². The van der Waals surface area contributed by atoms with E-state index < -0.39 is 17.6 Å². The van der Waals surface area contributed by atoms with Crippen molar-refractivity contribution in [2.45, 2.75) is 31.0 Å². The fourth-order valence-electron chi connectivity index (χ4n) is 3.78. The summed E-state index contributed by atoms with van der Waals surface area (Å²) in [5.74, 6) is 0. The summed E-state index contributed by atoms with van der Waals surface area (Å²) in [7, 11) is 4.97. The molecule has 0 aromatic heterocycles. The van der Waals surface area contributed by atoms with E-state index >= 15 is 0 Å². The SMILES string of the molecule is CO[Si](CCCN(CC=Cc1ccccc1)CCN)(OC)OC.CO[Si](CCCOCC1CO1)(OC)OC.Cl. The number of nitrogens with zero attached hydrogens (tertiary/aromatic N) is 1. The van der Waals surface area contributed by atoms with Gasteiger partial charge in [0.15, 0.2) is 0 Å². The Labute approximate surface area is 244 Å². The van der Waals surface area contributed by atoms with Crippen molar-refractivity contribution in [2.75, 3.05) is 88.7 Å². The molecular formula is C26H51ClN2O8Si2. The Morgan fingerprint density at radius 1 is 0.872 bits per heavy atom. The van der Waals surface area contributed by atoms with Crippen molar-refractivity contribution in [1.82, 2.24) is 4.90 Å². The van der Waals surface area contributed by atoms with Crippen LogP contribution < -0.4 is 5.73 Å². The number of nitrogens with two attached hydrogens (primary N) is 1. The molecular weight excluding hydrogens is 560 g/mol. The summed E-state index contributed by atoms with van der Waals surface area (Å²) in [6.45, 7) is 5.59. The first-order valence-electron chi connectivity index (χ1n) is 13.1. The smallest absolute Gasteiger partial charge is 0.379 e. The van der Waals surface area contributed by atoms with Crippen LogP contribution in [0.25, 0.3) is 6.08 Å². The van der Waals surface area contributed by atoms with Crippen LogP contribution >= 0.6 is 12.4 Å². The fourth-order valence-corrected chi connectivity index (χ4v) is 7.17. The Morgan fingerprint density at radius 3 is 1.90 bits per heavy atom. The highest BCUT2D eigenvalue weighted by Gasteiger charge is 2.37. The van der Waals surface area contributed by atoms with Gasteiger partial charge in [0.25, 0.3) is 0 Å². The zero-order chi connectivity index (χ0) is 28.1. The maximum atomic E-state index is 5.72. The van der Waals surface area contributed by atoms with E-state index in [0.717, 1.165) is 51.2 Å². The molecule has 39 heavy (non-hydrogen) atoms. The predicted octanol–water partition coefficient (Wildman–Crippen LogP) is 3.32. The average Bonchev–Trinajstić information content (AvgIpc) is 3.79. The number of halogens is 1. The van der Waals surface area contributed by atoms with Gasteiger partial charge in [-0.2, -0.15) is 0 Å². The normalized spacial score (nSPS) is 15.2. The zero-order valence-corrected chi connectivity index (χ0v) is 27.4. The van der Waals surface area contributed by atoms with E-state index in [0.29, 0.717) is 25.9 Å². The lowest BCUT2D eigenvalue weighted by molar-refractivity contribution is 0.100. The lowest BCUT2D eigenvalue weighted by Crippen LogP contribution is -2.43. The Kier molecular flexibility index (Phi) is 22.5. The van der Waals surface area contributed by atoms with Crippen LogP contribution in [-0.4, -0.2) is 117 Å². The highest BCUT2D eigenvalue weighted by Crippen LogP contribution is 2.16. The summed E-state index contributed by atoms with van der Waals surface area (Å²) in [5.41, 5.74) is 6.93. The molecule has 0 radical (unpaired) electrons. The molecule has 1 atom stereocenters. The summed E-state index contributed by atoms with van der Waals surface area (Å²) in [4.78, 5) is 2.33. The summed E-state index contributed by atoms with van der Waals surface area (Å²) < 4.78 is 42.7. The van der Waals surface area contributed by atoms with Crippen LogP contribution in [-0.2, 0) is 36.0 Å². The molecule has 1 aliphatic rings. The van der Waals surface area contributed by atoms with E-state index in [9.17, 15) is 0 Å². The van der Waals surface area contributed by atoms with Gasteiger partial charge in [-0.05, 0) is 24.9 Å². The molecule has 2 N–H and O–H groups in total. The number of rotatable bonds is 21. The van der Waals surface area contributed by atoms with E-state index in [1.165, 1.54) is 5.56 Å². The topological polar surface area (TPSA) is 106 Å². The van der Waals surface area contributed by atoms with Gasteiger partial charge in [0.1, 0.15) is 6.10 Å². The first-order valence-corrected chi connectivity index (χ1v) is 17.0. The van der Waals surface area contributed by atoms with Crippen LogP contribution in [0.5, 0.6) is 0 Å². The van der Waals surface area contributed by atoms with Gasteiger partial charge >= 0.3 is 17.6 Å². The van der Waals surface area contributed by atoms with Gasteiger partial charge in [-0.15, -0.1) is 12.4 Å². The van der Waals surface area contributed by atoms with Gasteiger partial charge in [-0.25, -0.2) is 0 Å². The van der Waals surface area contributed by atoms with E-state index in [1.54, 1.807) is 42.7 Å². The fraction of sp³-hybridized carbons (Fsp3) is 0.692. The molecule has 0 spiro atoms. The molecule has 10 nitrogen and oxygen atoms in total. The third-order valence-electron chi connectivity index (χ3n) is 6.22. The molecule has 1 fully saturated rings. The van der Waals surface area contributed by atoms with Gasteiger partial charge in [0.05, 0.1) is 13.2 Å². The molecule has 0 amide bonds. The molecule has 1 heterocycles. The minimum absolute atomic E-state index is 0. The molecule has 1 saturated heterocycles. The van der Waals surface area contributed by atoms with Crippen molar-refractivity contribution in [1.29, 1.82) is 0 Å². The molecule has 0 saturated carbocycles. The third-order valence-corrected chi connectivity index (χ3v) is 11.9. The van der Waals surface area contributed by atoms with Crippen LogP contribution in [0.1, 0.15) is 18.4 Å². The zero-order valence-electron chi connectivity index (χ0n) is 24.6. The van der Waals surface area contributed by atoms with Crippen LogP contribution in [0.2, 0.25) is 12.1 Å². The van der Waals surface area contributed by atoms with E-state index in [1.807, 2.05) is 18.2 Å². The second-order valence-electron chi connectivity index (χ2n) is 8.73. The monoisotopic (exact) mass is 610 g/mol. The van der Waals surface area contributed by atoms with Crippen molar-refractivity contribution >= 4 is 36.1 Å². The largest absolute Gasteiger partial charge is 0.500 e. The Hall–Kier alpha value is -0.716. The molecule has 13 heteroatoms. The van der Waals surface area contributed by atoms with Crippen molar-refractivity contribution in [2.24, 2.45) is 5.73 Å². The molecule has 228 valence electrons. The summed E-state index contributed by atoms with van der Waals surface area (Å²) in [6, 6.07) is 11.9. The first kappa shape index (κ1) is 38.3. The lowest BCUT2D eigenvalue weighted by Gasteiger charge is -2.26. The molecule has 2 rings (SSSR count). The Balaban J connectivity index is 0.000000784. The van der Waals surface area contributed by atoms with Gasteiger partial charge in [-0.1, -0.05) is 42.5 Å². The Morgan fingerprint density at radius 2 is 1.41 bits per heavy atom. The summed E-state index contributed by atoms with van der Waals surface area (Å²) in [5, 5.41) is 0. The van der Waals surface area contributed by atoms with Gasteiger partial charge in [-0.3, -0.25) is 4.90 Å². The van der Waals surface area contributed by atoms with Gasteiger partial charge in [0, 0.05) is 81.0 Å². The molecule has 1 aromatic carbocycles. The Bertz CT molecular complexity index is 711. The van der Waals surface area contributed by atoms with Crippen molar-refractivity contribution < 1.29 is 36.0 Å². The van der Waals surface area contributed by atoms with Crippen molar-refractivity contribution in [3.63, 3.8) is 0 Å². The first-order chi connectivity index (χ1) is 18.5. The molecule has 1 unspecified atom stereocenters. The predicted molar refractivity (Wildman–Crippen MR) is 161 cm³/mol. The van der Waals surface area contributed by atoms with E-state index in [4.69, 9.17) is 41.8 Å². The standard InChI is InChI=1S/C17H30N2O3Si.C9H20O5Si.ClH/c1-20-23(21-2,22-3)16-8-14-19(15-12-18)13-7-11-17-9-5-4-6-10-17;1-10-15(11-2,12-3)6-4-5-13-7-9-8-14-9;/h4-7,9-11H,8,12-16,18H2,1-3H3;9H,4-8H2,1-3H3;1H. The highest BCUT2D eigenvalue weighted by atomic mass is 35.5. The van der Waals surface area contributed by atoms with Crippen molar-refractivity contribution in [3.8, 4) is 0 Å². The van der Waals surface area contributed by atoms with E-state index in [2.05, 4.69) is 29.2 Å². The lowest BCUT2D eigenvalue weighted by atomic mass is 10.2. The van der Waals surface area contributed by atoms with Crippen LogP contribution in [0.3, 0.4) is 0 Å². The van der Waals surface area contributed by atoms with Gasteiger partial charge in [0.2, 0.25) is 0 Å². The minimum Gasteiger partial charge on any atom is -0.379 e. The number of benzene rings is 1. The van der Waals surface area contributed by atoms with E-state index in [-0.39, 0.29) is 12.4 Å². The third kappa shape index (κ3) is 16.3. The molecule has 1 aromatic rings. The molecule has 0 aliphatic carbocycles. The highest BCUT2D eigenvalue weighted by molar-refractivity contribution is 6.60. The average molecular weight is 611 g/mol. The minimum atomic E-state index is -2.47. The van der Waals surface area contributed by atoms with Gasteiger partial charge < -0.3 is 41.8 Å². The quantitative estimate of drug-likeness (QED) is 0.127. The molecule has 1 aliphatic heterocycles. The number of epoxide rings is 1. The maximum absolute atomic E-state index is 5.72. The molecule has 0 bridgehead atoms. The second kappa shape index (κ2) is 22.9. The number of hydrogen-bond donors (Lipinski definition) is 1. The number of ether oxygens (including phenoxy) is 2.